The zero-order valence-electron chi connectivity index (χ0n) is 10.9. The van der Waals surface area contributed by atoms with Gasteiger partial charge < -0.3 is 9.88 Å². The highest BCUT2D eigenvalue weighted by molar-refractivity contribution is 7.98. The van der Waals surface area contributed by atoms with E-state index in [4.69, 9.17) is 0 Å². The Morgan fingerprint density at radius 1 is 1.41 bits per heavy atom. The van der Waals surface area contributed by atoms with E-state index in [1.165, 1.54) is 32.1 Å². The second-order valence-corrected chi connectivity index (χ2v) is 5.86. The van der Waals surface area contributed by atoms with Crippen LogP contribution in [0.25, 0.3) is 0 Å². The van der Waals surface area contributed by atoms with Crippen LogP contribution in [0.15, 0.2) is 6.20 Å². The molecule has 1 fully saturated rings. The highest BCUT2D eigenvalue weighted by Crippen LogP contribution is 2.21. The van der Waals surface area contributed by atoms with Gasteiger partial charge in [0.1, 0.15) is 0 Å². The lowest BCUT2D eigenvalue weighted by atomic mass is 9.96. The van der Waals surface area contributed by atoms with E-state index in [9.17, 15) is 0 Å². The molecule has 96 valence electrons. The van der Waals surface area contributed by atoms with Crippen LogP contribution in [-0.2, 0) is 6.54 Å². The van der Waals surface area contributed by atoms with Crippen molar-refractivity contribution in [1.82, 2.24) is 9.55 Å². The molecule has 0 spiro atoms. The van der Waals surface area contributed by atoms with Crippen molar-refractivity contribution >= 4 is 17.7 Å². The second-order valence-electron chi connectivity index (χ2n) is 4.87. The quantitative estimate of drug-likeness (QED) is 0.873. The first-order valence-electron chi connectivity index (χ1n) is 6.59. The molecular formula is C13H23N3S. The third-order valence-electron chi connectivity index (χ3n) is 3.37. The molecule has 0 aliphatic heterocycles. The fourth-order valence-electron chi connectivity index (χ4n) is 2.45. The number of rotatable bonds is 5. The van der Waals surface area contributed by atoms with Gasteiger partial charge in [-0.05, 0) is 26.0 Å². The van der Waals surface area contributed by atoms with Gasteiger partial charge in [-0.15, -0.1) is 0 Å². The third-order valence-corrected chi connectivity index (χ3v) is 3.96. The summed E-state index contributed by atoms with van der Waals surface area (Å²) in [6, 6.07) is 0.638. The highest BCUT2D eigenvalue weighted by Gasteiger charge is 2.15. The monoisotopic (exact) mass is 253 g/mol. The first-order valence-corrected chi connectivity index (χ1v) is 7.98. The van der Waals surface area contributed by atoms with Crippen LogP contribution in [0.2, 0.25) is 0 Å². The van der Waals surface area contributed by atoms with E-state index < -0.39 is 0 Å². The highest BCUT2D eigenvalue weighted by atomic mass is 32.2. The van der Waals surface area contributed by atoms with E-state index in [0.717, 1.165) is 23.9 Å². The Morgan fingerprint density at radius 2 is 2.18 bits per heavy atom. The van der Waals surface area contributed by atoms with E-state index in [1.807, 2.05) is 11.8 Å². The topological polar surface area (TPSA) is 29.9 Å². The first-order chi connectivity index (χ1) is 8.29. The molecule has 1 heterocycles. The van der Waals surface area contributed by atoms with Gasteiger partial charge in [0.25, 0.3) is 0 Å². The van der Waals surface area contributed by atoms with Gasteiger partial charge >= 0.3 is 0 Å². The van der Waals surface area contributed by atoms with Gasteiger partial charge in [-0.25, -0.2) is 4.98 Å². The Bertz CT molecular complexity index is 342. The maximum absolute atomic E-state index is 4.60. The Hall–Kier alpha value is -0.640. The Kier molecular flexibility index (Phi) is 4.77. The molecule has 1 aliphatic rings. The molecule has 17 heavy (non-hydrogen) atoms. The minimum atomic E-state index is 0.638. The van der Waals surface area contributed by atoms with Gasteiger partial charge in [-0.1, -0.05) is 19.3 Å². The predicted molar refractivity (Wildman–Crippen MR) is 75.8 cm³/mol. The van der Waals surface area contributed by atoms with E-state index in [1.54, 1.807) is 0 Å². The molecule has 1 aromatic rings. The normalized spacial score (nSPS) is 17.3. The summed E-state index contributed by atoms with van der Waals surface area (Å²) in [5, 5.41) is 3.62. The summed E-state index contributed by atoms with van der Waals surface area (Å²) < 4.78 is 2.26. The van der Waals surface area contributed by atoms with Gasteiger partial charge in [0, 0.05) is 24.5 Å². The SMILES string of the molecule is CSCCn1cc(C)nc1NC1CCCCC1. The Balaban J connectivity index is 1.97. The summed E-state index contributed by atoms with van der Waals surface area (Å²) in [7, 11) is 0. The summed E-state index contributed by atoms with van der Waals surface area (Å²) >= 11 is 1.88. The Labute approximate surface area is 108 Å². The van der Waals surface area contributed by atoms with Gasteiger partial charge in [0.2, 0.25) is 5.95 Å². The average molecular weight is 253 g/mol. The van der Waals surface area contributed by atoms with Crippen molar-refractivity contribution in [2.45, 2.75) is 51.6 Å². The standard InChI is InChI=1S/C13H23N3S/c1-11-10-16(8-9-17-2)13(14-11)15-12-6-4-3-5-7-12/h10,12H,3-9H2,1-2H3,(H,14,15). The van der Waals surface area contributed by atoms with Crippen molar-refractivity contribution in [2.75, 3.05) is 17.3 Å². The molecule has 0 bridgehead atoms. The van der Waals surface area contributed by atoms with Crippen LogP contribution < -0.4 is 5.32 Å². The summed E-state index contributed by atoms with van der Waals surface area (Å²) in [5.74, 6) is 2.22. The van der Waals surface area contributed by atoms with Crippen LogP contribution in [-0.4, -0.2) is 27.6 Å². The number of nitrogens with zero attached hydrogens (tertiary/aromatic N) is 2. The number of anilines is 1. The number of imidazole rings is 1. The molecule has 2 rings (SSSR count). The third kappa shape index (κ3) is 3.66. The van der Waals surface area contributed by atoms with Gasteiger partial charge in [-0.2, -0.15) is 11.8 Å². The summed E-state index contributed by atoms with van der Waals surface area (Å²) in [6.07, 6.45) is 11.0. The second kappa shape index (κ2) is 6.34. The van der Waals surface area contributed by atoms with Crippen LogP contribution in [0.1, 0.15) is 37.8 Å². The first kappa shape index (κ1) is 12.8. The number of aromatic nitrogens is 2. The van der Waals surface area contributed by atoms with Crippen molar-refractivity contribution < 1.29 is 0 Å². The fourth-order valence-corrected chi connectivity index (χ4v) is 2.83. The van der Waals surface area contributed by atoms with E-state index >= 15 is 0 Å². The van der Waals surface area contributed by atoms with Crippen molar-refractivity contribution in [3.63, 3.8) is 0 Å². The molecule has 1 aromatic heterocycles. The van der Waals surface area contributed by atoms with Crippen molar-refractivity contribution in [3.8, 4) is 0 Å². The number of hydrogen-bond donors (Lipinski definition) is 1. The molecule has 3 nitrogen and oxygen atoms in total. The van der Waals surface area contributed by atoms with Gasteiger partial charge in [0.15, 0.2) is 0 Å². The van der Waals surface area contributed by atoms with Crippen LogP contribution in [0.5, 0.6) is 0 Å². The zero-order chi connectivity index (χ0) is 12.1. The largest absolute Gasteiger partial charge is 0.353 e. The molecule has 0 aromatic carbocycles. The van der Waals surface area contributed by atoms with Crippen molar-refractivity contribution in [3.05, 3.63) is 11.9 Å². The minimum absolute atomic E-state index is 0.638. The molecule has 0 unspecified atom stereocenters. The van der Waals surface area contributed by atoms with Crippen LogP contribution in [0.3, 0.4) is 0 Å². The molecule has 1 saturated carbocycles. The number of thioether (sulfide) groups is 1. The molecule has 0 atom stereocenters. The lowest BCUT2D eigenvalue weighted by Crippen LogP contribution is -2.24. The molecule has 1 N–H and O–H groups in total. The molecule has 1 aliphatic carbocycles. The Morgan fingerprint density at radius 3 is 2.88 bits per heavy atom. The maximum Gasteiger partial charge on any atom is 0.203 e. The molecule has 0 radical (unpaired) electrons. The smallest absolute Gasteiger partial charge is 0.203 e. The molecule has 4 heteroatoms. The number of aryl methyl sites for hydroxylation is 2. The predicted octanol–water partition coefficient (Wildman–Crippen LogP) is 3.30. The summed E-state index contributed by atoms with van der Waals surface area (Å²) in [5.41, 5.74) is 1.12. The van der Waals surface area contributed by atoms with Gasteiger partial charge in [0.05, 0.1) is 5.69 Å². The lowest BCUT2D eigenvalue weighted by Gasteiger charge is -2.23. The lowest BCUT2D eigenvalue weighted by molar-refractivity contribution is 0.459. The number of nitrogens with one attached hydrogen (secondary N) is 1. The van der Waals surface area contributed by atoms with Gasteiger partial charge in [-0.3, -0.25) is 0 Å². The van der Waals surface area contributed by atoms with Crippen molar-refractivity contribution in [1.29, 1.82) is 0 Å². The zero-order valence-corrected chi connectivity index (χ0v) is 11.7. The maximum atomic E-state index is 4.60. The average Bonchev–Trinajstić information content (AvgIpc) is 2.68. The van der Waals surface area contributed by atoms with E-state index in [0.29, 0.717) is 6.04 Å². The van der Waals surface area contributed by atoms with E-state index in [2.05, 4.69) is 34.2 Å². The van der Waals surface area contributed by atoms with Crippen LogP contribution >= 0.6 is 11.8 Å². The number of hydrogen-bond acceptors (Lipinski definition) is 3. The summed E-state index contributed by atoms with van der Waals surface area (Å²) in [6.45, 7) is 3.12. The molecule has 0 amide bonds. The van der Waals surface area contributed by atoms with Crippen LogP contribution in [0.4, 0.5) is 5.95 Å². The van der Waals surface area contributed by atoms with Crippen molar-refractivity contribution in [2.24, 2.45) is 0 Å². The fraction of sp³-hybridized carbons (Fsp3) is 0.769. The van der Waals surface area contributed by atoms with Crippen LogP contribution in [0, 0.1) is 6.92 Å². The molecule has 0 saturated heterocycles. The minimum Gasteiger partial charge on any atom is -0.353 e. The molecular weight excluding hydrogens is 230 g/mol. The summed E-state index contributed by atoms with van der Waals surface area (Å²) in [4.78, 5) is 4.60. The van der Waals surface area contributed by atoms with E-state index in [-0.39, 0.29) is 0 Å².